The quantitative estimate of drug-likeness (QED) is 0.747. The van der Waals surface area contributed by atoms with Crippen LogP contribution < -0.4 is 10.6 Å². The second-order valence-electron chi connectivity index (χ2n) is 7.58. The van der Waals surface area contributed by atoms with Gasteiger partial charge in [-0.25, -0.2) is 4.79 Å². The average Bonchev–Trinajstić information content (AvgIpc) is 3.37. The number of urea groups is 1. The molecule has 3 N–H and O–H groups in total. The van der Waals surface area contributed by atoms with Crippen molar-refractivity contribution in [3.63, 3.8) is 0 Å². The van der Waals surface area contributed by atoms with Crippen molar-refractivity contribution in [3.05, 3.63) is 35.9 Å². The Balaban J connectivity index is 1.41. The molecule has 1 heterocycles. The van der Waals surface area contributed by atoms with Gasteiger partial charge in [-0.15, -0.1) is 0 Å². The number of nitrogens with zero attached hydrogens (tertiary/aromatic N) is 1. The second kappa shape index (κ2) is 7.53. The number of aliphatic hydroxyl groups excluding tert-OH is 1. The molecule has 0 radical (unpaired) electrons. The van der Waals surface area contributed by atoms with Crippen molar-refractivity contribution >= 4 is 6.03 Å². The molecule has 3 rings (SSSR count). The van der Waals surface area contributed by atoms with Crippen LogP contribution >= 0.6 is 0 Å². The van der Waals surface area contributed by atoms with Crippen LogP contribution in [0.15, 0.2) is 30.3 Å². The smallest absolute Gasteiger partial charge is 0.315 e. The normalized spacial score (nSPS) is 25.9. The van der Waals surface area contributed by atoms with Gasteiger partial charge < -0.3 is 15.7 Å². The Bertz CT molecular complexity index is 545. The number of aliphatic hydroxyl groups is 1. The van der Waals surface area contributed by atoms with Crippen LogP contribution in [0.5, 0.6) is 0 Å². The van der Waals surface area contributed by atoms with Gasteiger partial charge in [-0.3, -0.25) is 4.90 Å². The Morgan fingerprint density at radius 3 is 2.71 bits per heavy atom. The van der Waals surface area contributed by atoms with Gasteiger partial charge in [0.1, 0.15) is 0 Å². The molecule has 2 atom stereocenters. The zero-order valence-corrected chi connectivity index (χ0v) is 14.5. The van der Waals surface area contributed by atoms with Crippen LogP contribution in [0.2, 0.25) is 0 Å². The predicted octanol–water partition coefficient (Wildman–Crippen LogP) is 1.97. The molecule has 0 aromatic heterocycles. The molecule has 1 aliphatic carbocycles. The van der Waals surface area contributed by atoms with Crippen molar-refractivity contribution in [2.24, 2.45) is 11.3 Å². The highest BCUT2D eigenvalue weighted by atomic mass is 16.3. The molecule has 0 bridgehead atoms. The maximum absolute atomic E-state index is 12.1. The summed E-state index contributed by atoms with van der Waals surface area (Å²) in [6.07, 6.45) is 3.00. The van der Waals surface area contributed by atoms with E-state index in [0.29, 0.717) is 12.5 Å². The SMILES string of the molecule is CC1CN(Cc2ccccc2)CCC1NC(=O)NCC1(CO)CC1. The molecule has 24 heavy (non-hydrogen) atoms. The van der Waals surface area contributed by atoms with Gasteiger partial charge in [0.25, 0.3) is 0 Å². The maximum atomic E-state index is 12.1. The molecular formula is C19H29N3O2. The van der Waals surface area contributed by atoms with Crippen molar-refractivity contribution in [3.8, 4) is 0 Å². The van der Waals surface area contributed by atoms with E-state index in [9.17, 15) is 9.90 Å². The monoisotopic (exact) mass is 331 g/mol. The summed E-state index contributed by atoms with van der Waals surface area (Å²) in [6, 6.07) is 10.7. The Kier molecular flexibility index (Phi) is 5.41. The van der Waals surface area contributed by atoms with Crippen LogP contribution in [0, 0.1) is 11.3 Å². The summed E-state index contributed by atoms with van der Waals surface area (Å²) in [6.45, 7) is 5.94. The largest absolute Gasteiger partial charge is 0.396 e. The molecule has 5 heteroatoms. The van der Waals surface area contributed by atoms with E-state index in [2.05, 4.69) is 46.7 Å². The van der Waals surface area contributed by atoms with E-state index in [-0.39, 0.29) is 24.1 Å². The van der Waals surface area contributed by atoms with Gasteiger partial charge in [0.15, 0.2) is 0 Å². The molecular weight excluding hydrogens is 302 g/mol. The van der Waals surface area contributed by atoms with E-state index in [0.717, 1.165) is 38.9 Å². The average molecular weight is 331 g/mol. The number of piperidine rings is 1. The molecule has 2 amide bonds. The van der Waals surface area contributed by atoms with E-state index < -0.39 is 0 Å². The standard InChI is InChI=1S/C19H29N3O2/c1-15-11-22(12-16-5-3-2-4-6-16)10-7-17(15)21-18(24)20-13-19(14-23)8-9-19/h2-6,15,17,23H,7-14H2,1H3,(H2,20,21,24). The Morgan fingerprint density at radius 2 is 2.08 bits per heavy atom. The maximum Gasteiger partial charge on any atom is 0.315 e. The van der Waals surface area contributed by atoms with Gasteiger partial charge in [-0.1, -0.05) is 37.3 Å². The van der Waals surface area contributed by atoms with Crippen LogP contribution in [0.3, 0.4) is 0 Å². The van der Waals surface area contributed by atoms with Gasteiger partial charge in [-0.2, -0.15) is 0 Å². The second-order valence-corrected chi connectivity index (χ2v) is 7.58. The third-order valence-corrected chi connectivity index (χ3v) is 5.47. The van der Waals surface area contributed by atoms with Gasteiger partial charge >= 0.3 is 6.03 Å². The van der Waals surface area contributed by atoms with Crippen LogP contribution in [-0.4, -0.2) is 48.3 Å². The molecule has 1 aromatic carbocycles. The summed E-state index contributed by atoms with van der Waals surface area (Å²) in [5.41, 5.74) is 1.30. The number of hydrogen-bond donors (Lipinski definition) is 3. The minimum absolute atomic E-state index is 0.0397. The molecule has 1 saturated heterocycles. The highest BCUT2D eigenvalue weighted by molar-refractivity contribution is 5.74. The lowest BCUT2D eigenvalue weighted by atomic mass is 9.93. The van der Waals surface area contributed by atoms with E-state index >= 15 is 0 Å². The lowest BCUT2D eigenvalue weighted by Gasteiger charge is -2.37. The summed E-state index contributed by atoms with van der Waals surface area (Å²) < 4.78 is 0. The van der Waals surface area contributed by atoms with E-state index in [1.54, 1.807) is 0 Å². The number of carbonyl (C=O) groups is 1. The highest BCUT2D eigenvalue weighted by Gasteiger charge is 2.42. The zero-order valence-electron chi connectivity index (χ0n) is 14.5. The number of carbonyl (C=O) groups excluding carboxylic acids is 1. The minimum Gasteiger partial charge on any atom is -0.396 e. The highest BCUT2D eigenvalue weighted by Crippen LogP contribution is 2.44. The predicted molar refractivity (Wildman–Crippen MR) is 94.6 cm³/mol. The molecule has 2 fully saturated rings. The number of nitrogens with one attached hydrogen (secondary N) is 2. The number of hydrogen-bond acceptors (Lipinski definition) is 3. The van der Waals surface area contributed by atoms with Gasteiger partial charge in [-0.05, 0) is 30.7 Å². The Labute approximate surface area is 144 Å². The van der Waals surface area contributed by atoms with Crippen LogP contribution in [0.25, 0.3) is 0 Å². The van der Waals surface area contributed by atoms with E-state index in [4.69, 9.17) is 0 Å². The summed E-state index contributed by atoms with van der Waals surface area (Å²) in [5, 5.41) is 15.4. The van der Waals surface area contributed by atoms with Crippen molar-refractivity contribution in [1.82, 2.24) is 15.5 Å². The number of rotatable bonds is 6. The third-order valence-electron chi connectivity index (χ3n) is 5.47. The van der Waals surface area contributed by atoms with Gasteiger partial charge in [0.05, 0.1) is 6.61 Å². The molecule has 1 aromatic rings. The number of benzene rings is 1. The first-order chi connectivity index (χ1) is 11.6. The van der Waals surface area contributed by atoms with Gasteiger partial charge in [0, 0.05) is 37.6 Å². The summed E-state index contributed by atoms with van der Waals surface area (Å²) >= 11 is 0. The number of likely N-dealkylation sites (tertiary alicyclic amines) is 1. The van der Waals surface area contributed by atoms with E-state index in [1.807, 2.05) is 6.07 Å². The molecule has 1 saturated carbocycles. The molecule has 5 nitrogen and oxygen atoms in total. The molecule has 2 aliphatic rings. The Hall–Kier alpha value is -1.59. The molecule has 0 spiro atoms. The van der Waals surface area contributed by atoms with Gasteiger partial charge in [0.2, 0.25) is 0 Å². The lowest BCUT2D eigenvalue weighted by Crippen LogP contribution is -2.52. The third kappa shape index (κ3) is 4.48. The van der Waals surface area contributed by atoms with Crippen LogP contribution in [-0.2, 0) is 6.54 Å². The number of amides is 2. The first kappa shape index (κ1) is 17.2. The van der Waals surface area contributed by atoms with Crippen molar-refractivity contribution < 1.29 is 9.90 Å². The summed E-state index contributed by atoms with van der Waals surface area (Å²) in [5.74, 6) is 0.431. The molecule has 2 unspecified atom stereocenters. The molecule has 132 valence electrons. The zero-order chi connectivity index (χ0) is 17.0. The van der Waals surface area contributed by atoms with Crippen LogP contribution in [0.1, 0.15) is 31.7 Å². The minimum atomic E-state index is -0.0944. The van der Waals surface area contributed by atoms with Crippen molar-refractivity contribution in [2.75, 3.05) is 26.2 Å². The fraction of sp³-hybridized carbons (Fsp3) is 0.632. The summed E-state index contributed by atoms with van der Waals surface area (Å²) in [4.78, 5) is 14.6. The lowest BCUT2D eigenvalue weighted by molar-refractivity contribution is 0.141. The first-order valence-electron chi connectivity index (χ1n) is 9.02. The fourth-order valence-corrected chi connectivity index (χ4v) is 3.49. The fourth-order valence-electron chi connectivity index (χ4n) is 3.49. The summed E-state index contributed by atoms with van der Waals surface area (Å²) in [7, 11) is 0. The van der Waals surface area contributed by atoms with E-state index in [1.165, 1.54) is 5.56 Å². The first-order valence-corrected chi connectivity index (χ1v) is 9.02. The Morgan fingerprint density at radius 1 is 1.33 bits per heavy atom. The topological polar surface area (TPSA) is 64.6 Å². The van der Waals surface area contributed by atoms with Crippen molar-refractivity contribution in [2.45, 2.75) is 38.8 Å². The van der Waals surface area contributed by atoms with Crippen LogP contribution in [0.4, 0.5) is 4.79 Å². The molecule has 1 aliphatic heterocycles. The van der Waals surface area contributed by atoms with Crippen molar-refractivity contribution in [1.29, 1.82) is 0 Å².